The summed E-state index contributed by atoms with van der Waals surface area (Å²) >= 11 is 0. The number of amides is 1. The smallest absolute Gasteiger partial charge is 0.224 e. The quantitative estimate of drug-likeness (QED) is 0.793. The summed E-state index contributed by atoms with van der Waals surface area (Å²) in [6, 6.07) is 0.472. The summed E-state index contributed by atoms with van der Waals surface area (Å²) in [7, 11) is 1.94. The van der Waals surface area contributed by atoms with E-state index in [1.807, 2.05) is 25.8 Å². The van der Waals surface area contributed by atoms with Crippen molar-refractivity contribution in [2.24, 2.45) is 0 Å². The summed E-state index contributed by atoms with van der Waals surface area (Å²) in [4.78, 5) is 13.6. The number of likely N-dealkylation sites (N-methyl/N-ethyl adjacent to an activating group) is 1. The van der Waals surface area contributed by atoms with Gasteiger partial charge in [-0.15, -0.1) is 12.4 Å². The van der Waals surface area contributed by atoms with Gasteiger partial charge >= 0.3 is 0 Å². The fourth-order valence-electron chi connectivity index (χ4n) is 1.76. The molecule has 1 aliphatic heterocycles. The summed E-state index contributed by atoms with van der Waals surface area (Å²) in [5, 5.41) is 3.20. The molecule has 0 aromatic carbocycles. The predicted octanol–water partition coefficient (Wildman–Crippen LogP) is 1.04. The molecule has 0 radical (unpaired) electrons. The number of nitrogens with zero attached hydrogens (tertiary/aromatic N) is 1. The molecule has 0 spiro atoms. The van der Waals surface area contributed by atoms with E-state index in [9.17, 15) is 4.79 Å². The largest absolute Gasteiger partial charge is 0.378 e. The molecule has 1 unspecified atom stereocenters. The lowest BCUT2D eigenvalue weighted by Gasteiger charge is -2.16. The SMILES string of the molecule is CNC1CCN(C(=O)CCOC(C)C)C1.Cl. The monoisotopic (exact) mass is 250 g/mol. The third-order valence-electron chi connectivity index (χ3n) is 2.72. The molecule has 1 aliphatic rings. The van der Waals surface area contributed by atoms with Gasteiger partial charge in [0.15, 0.2) is 0 Å². The van der Waals surface area contributed by atoms with Crippen LogP contribution in [0.2, 0.25) is 0 Å². The third kappa shape index (κ3) is 5.14. The summed E-state index contributed by atoms with van der Waals surface area (Å²) in [5.74, 6) is 0.216. The molecular weight excluding hydrogens is 228 g/mol. The first-order valence-corrected chi connectivity index (χ1v) is 5.70. The number of ether oxygens (including phenoxy) is 1. The molecule has 1 saturated heterocycles. The van der Waals surface area contributed by atoms with E-state index in [1.165, 1.54) is 0 Å². The number of hydrogen-bond donors (Lipinski definition) is 1. The van der Waals surface area contributed by atoms with Crippen LogP contribution in [0.25, 0.3) is 0 Å². The van der Waals surface area contributed by atoms with Gasteiger partial charge in [0.05, 0.1) is 19.1 Å². The van der Waals surface area contributed by atoms with Crippen molar-refractivity contribution in [3.8, 4) is 0 Å². The molecule has 1 N–H and O–H groups in total. The minimum Gasteiger partial charge on any atom is -0.378 e. The average Bonchev–Trinajstić information content (AvgIpc) is 2.65. The molecule has 0 saturated carbocycles. The lowest BCUT2D eigenvalue weighted by Crippen LogP contribution is -2.33. The maximum absolute atomic E-state index is 11.7. The topological polar surface area (TPSA) is 41.6 Å². The Bertz CT molecular complexity index is 212. The maximum Gasteiger partial charge on any atom is 0.224 e. The highest BCUT2D eigenvalue weighted by atomic mass is 35.5. The summed E-state index contributed by atoms with van der Waals surface area (Å²) in [6.45, 7) is 6.23. The van der Waals surface area contributed by atoms with E-state index >= 15 is 0 Å². The number of likely N-dealkylation sites (tertiary alicyclic amines) is 1. The van der Waals surface area contributed by atoms with Gasteiger partial charge in [-0.1, -0.05) is 0 Å². The van der Waals surface area contributed by atoms with Gasteiger partial charge in [0.2, 0.25) is 5.91 Å². The van der Waals surface area contributed by atoms with Gasteiger partial charge in [-0.2, -0.15) is 0 Å². The van der Waals surface area contributed by atoms with Gasteiger partial charge in [0.1, 0.15) is 0 Å². The van der Waals surface area contributed by atoms with Crippen LogP contribution in [0.15, 0.2) is 0 Å². The van der Waals surface area contributed by atoms with E-state index in [1.54, 1.807) is 0 Å². The van der Waals surface area contributed by atoms with Crippen molar-refractivity contribution in [2.45, 2.75) is 38.8 Å². The van der Waals surface area contributed by atoms with Gasteiger partial charge in [-0.3, -0.25) is 4.79 Å². The molecule has 4 nitrogen and oxygen atoms in total. The van der Waals surface area contributed by atoms with E-state index < -0.39 is 0 Å². The number of halogens is 1. The molecular formula is C11H23ClN2O2. The normalized spacial score (nSPS) is 20.0. The van der Waals surface area contributed by atoms with Crippen molar-refractivity contribution in [3.63, 3.8) is 0 Å². The Labute approximate surface area is 104 Å². The van der Waals surface area contributed by atoms with E-state index in [-0.39, 0.29) is 24.4 Å². The zero-order chi connectivity index (χ0) is 11.3. The van der Waals surface area contributed by atoms with E-state index in [0.29, 0.717) is 19.1 Å². The Hall–Kier alpha value is -0.320. The van der Waals surface area contributed by atoms with Crippen molar-refractivity contribution < 1.29 is 9.53 Å². The summed E-state index contributed by atoms with van der Waals surface area (Å²) < 4.78 is 5.36. The first-order chi connectivity index (χ1) is 7.13. The lowest BCUT2D eigenvalue weighted by molar-refractivity contribution is -0.131. The highest BCUT2D eigenvalue weighted by Crippen LogP contribution is 2.10. The second kappa shape index (κ2) is 7.87. The van der Waals surface area contributed by atoms with Crippen molar-refractivity contribution in [1.82, 2.24) is 10.2 Å². The zero-order valence-electron chi connectivity index (χ0n) is 10.4. The van der Waals surface area contributed by atoms with Gasteiger partial charge in [-0.25, -0.2) is 0 Å². The van der Waals surface area contributed by atoms with Crippen LogP contribution in [-0.2, 0) is 9.53 Å². The fraction of sp³-hybridized carbons (Fsp3) is 0.909. The minimum atomic E-state index is 0. The van der Waals surface area contributed by atoms with E-state index in [4.69, 9.17) is 4.74 Å². The molecule has 0 aliphatic carbocycles. The molecule has 0 aromatic rings. The Morgan fingerprint density at radius 1 is 1.56 bits per heavy atom. The Morgan fingerprint density at radius 2 is 2.25 bits per heavy atom. The second-order valence-corrected chi connectivity index (χ2v) is 4.28. The van der Waals surface area contributed by atoms with Crippen LogP contribution in [0.4, 0.5) is 0 Å². The Balaban J connectivity index is 0.00000225. The molecule has 1 fully saturated rings. The molecule has 1 heterocycles. The van der Waals surface area contributed by atoms with E-state index in [0.717, 1.165) is 19.5 Å². The molecule has 5 heteroatoms. The highest BCUT2D eigenvalue weighted by molar-refractivity contribution is 5.85. The van der Waals surface area contributed by atoms with Crippen LogP contribution < -0.4 is 5.32 Å². The average molecular weight is 251 g/mol. The molecule has 0 aromatic heterocycles. The number of carbonyl (C=O) groups excluding carboxylic acids is 1. The minimum absolute atomic E-state index is 0. The lowest BCUT2D eigenvalue weighted by atomic mass is 10.3. The van der Waals surface area contributed by atoms with E-state index in [2.05, 4.69) is 5.32 Å². The highest BCUT2D eigenvalue weighted by Gasteiger charge is 2.24. The molecule has 0 bridgehead atoms. The number of rotatable bonds is 5. The Kier molecular flexibility index (Phi) is 7.72. The van der Waals surface area contributed by atoms with Gasteiger partial charge in [0.25, 0.3) is 0 Å². The van der Waals surface area contributed by atoms with Gasteiger partial charge in [-0.05, 0) is 27.3 Å². The predicted molar refractivity (Wildman–Crippen MR) is 67.0 cm³/mol. The van der Waals surface area contributed by atoms with Crippen LogP contribution in [-0.4, -0.2) is 49.7 Å². The second-order valence-electron chi connectivity index (χ2n) is 4.28. The zero-order valence-corrected chi connectivity index (χ0v) is 11.2. The molecule has 16 heavy (non-hydrogen) atoms. The third-order valence-corrected chi connectivity index (χ3v) is 2.72. The standard InChI is InChI=1S/C11H22N2O2.ClH/c1-9(2)15-7-5-11(14)13-6-4-10(8-13)12-3;/h9-10,12H,4-8H2,1-3H3;1H. The first kappa shape index (κ1) is 15.7. The first-order valence-electron chi connectivity index (χ1n) is 5.70. The molecule has 1 atom stereocenters. The number of nitrogens with one attached hydrogen (secondary N) is 1. The molecule has 1 rings (SSSR count). The van der Waals surface area contributed by atoms with Crippen molar-refractivity contribution in [3.05, 3.63) is 0 Å². The fourth-order valence-corrected chi connectivity index (χ4v) is 1.76. The Morgan fingerprint density at radius 3 is 2.75 bits per heavy atom. The molecule has 1 amide bonds. The van der Waals surface area contributed by atoms with Crippen molar-refractivity contribution in [1.29, 1.82) is 0 Å². The van der Waals surface area contributed by atoms with Crippen LogP contribution in [0.5, 0.6) is 0 Å². The van der Waals surface area contributed by atoms with Gasteiger partial charge in [0, 0.05) is 19.1 Å². The summed E-state index contributed by atoms with van der Waals surface area (Å²) in [6.07, 6.45) is 1.78. The van der Waals surface area contributed by atoms with Crippen LogP contribution in [0.3, 0.4) is 0 Å². The maximum atomic E-state index is 11.7. The number of carbonyl (C=O) groups is 1. The van der Waals surface area contributed by atoms with Crippen molar-refractivity contribution in [2.75, 3.05) is 26.7 Å². The van der Waals surface area contributed by atoms with Crippen LogP contribution in [0.1, 0.15) is 26.7 Å². The van der Waals surface area contributed by atoms with Crippen LogP contribution in [0, 0.1) is 0 Å². The van der Waals surface area contributed by atoms with Crippen molar-refractivity contribution >= 4 is 18.3 Å². The number of hydrogen-bond acceptors (Lipinski definition) is 3. The van der Waals surface area contributed by atoms with Gasteiger partial charge < -0.3 is 15.0 Å². The molecule has 96 valence electrons. The summed E-state index contributed by atoms with van der Waals surface area (Å²) in [5.41, 5.74) is 0. The van der Waals surface area contributed by atoms with Crippen LogP contribution >= 0.6 is 12.4 Å².